The van der Waals surface area contributed by atoms with E-state index < -0.39 is 12.1 Å². The molecule has 0 rings (SSSR count). The Bertz CT molecular complexity index is 1150. The Morgan fingerprint density at radius 2 is 0.635 bits per heavy atom. The van der Waals surface area contributed by atoms with Crippen LogP contribution >= 0.6 is 0 Å². The van der Waals surface area contributed by atoms with Crippen LogP contribution in [0.15, 0.2) is 24.3 Å². The van der Waals surface area contributed by atoms with Gasteiger partial charge in [0.25, 0.3) is 0 Å². The molecular formula is C68H131NO5. The zero-order valence-electron chi connectivity index (χ0n) is 50.1. The molecule has 2 atom stereocenters. The maximum absolute atomic E-state index is 12.5. The first-order valence-electron chi connectivity index (χ1n) is 33.6. The highest BCUT2D eigenvalue weighted by atomic mass is 16.5. The van der Waals surface area contributed by atoms with Crippen LogP contribution in [-0.2, 0) is 14.3 Å². The minimum atomic E-state index is -0.670. The average molecular weight is 1040 g/mol. The van der Waals surface area contributed by atoms with Crippen LogP contribution in [0.2, 0.25) is 0 Å². The molecule has 0 saturated carbocycles. The van der Waals surface area contributed by atoms with E-state index in [-0.39, 0.29) is 18.5 Å². The van der Waals surface area contributed by atoms with Gasteiger partial charge in [-0.1, -0.05) is 308 Å². The van der Waals surface area contributed by atoms with E-state index in [1.165, 1.54) is 295 Å². The van der Waals surface area contributed by atoms with Crippen molar-refractivity contribution in [3.63, 3.8) is 0 Å². The van der Waals surface area contributed by atoms with E-state index in [0.717, 1.165) is 44.9 Å². The quantitative estimate of drug-likeness (QED) is 0.0320. The topological polar surface area (TPSA) is 95.9 Å². The number of hydrogen-bond donors (Lipinski definition) is 3. The SMILES string of the molecule is CCCCCCCCC/C=C\CCCCCCCCCC(=O)OCCCCCCCCCCCC/C=C\CCCCCCCCCC(=O)NC(CO)C(O)CCCCCCCCCCCCCCCCCCCC. The van der Waals surface area contributed by atoms with Crippen molar-refractivity contribution < 1.29 is 24.5 Å². The van der Waals surface area contributed by atoms with Crippen molar-refractivity contribution in [1.29, 1.82) is 0 Å². The summed E-state index contributed by atoms with van der Waals surface area (Å²) in [6.07, 6.45) is 79.1. The number of nitrogens with one attached hydrogen (secondary N) is 1. The van der Waals surface area contributed by atoms with Crippen LogP contribution in [0.25, 0.3) is 0 Å². The van der Waals surface area contributed by atoms with Crippen LogP contribution in [0, 0.1) is 0 Å². The van der Waals surface area contributed by atoms with Crippen LogP contribution in [-0.4, -0.2) is 47.4 Å². The van der Waals surface area contributed by atoms with Crippen molar-refractivity contribution in [1.82, 2.24) is 5.32 Å². The lowest BCUT2D eigenvalue weighted by atomic mass is 10.0. The van der Waals surface area contributed by atoms with Crippen LogP contribution in [0.1, 0.15) is 373 Å². The largest absolute Gasteiger partial charge is 0.466 e. The smallest absolute Gasteiger partial charge is 0.305 e. The van der Waals surface area contributed by atoms with E-state index in [9.17, 15) is 19.8 Å². The van der Waals surface area contributed by atoms with Crippen LogP contribution in [0.4, 0.5) is 0 Å². The van der Waals surface area contributed by atoms with Crippen molar-refractivity contribution in [3.05, 3.63) is 24.3 Å². The highest BCUT2D eigenvalue weighted by Crippen LogP contribution is 2.18. The second-order valence-electron chi connectivity index (χ2n) is 23.1. The highest BCUT2D eigenvalue weighted by Gasteiger charge is 2.20. The lowest BCUT2D eigenvalue weighted by Crippen LogP contribution is -2.45. The van der Waals surface area contributed by atoms with Crippen molar-refractivity contribution >= 4 is 11.9 Å². The van der Waals surface area contributed by atoms with E-state index in [0.29, 0.717) is 25.9 Å². The predicted molar refractivity (Wildman–Crippen MR) is 324 cm³/mol. The molecule has 3 N–H and O–H groups in total. The van der Waals surface area contributed by atoms with Gasteiger partial charge in [0.1, 0.15) is 0 Å². The summed E-state index contributed by atoms with van der Waals surface area (Å²) < 4.78 is 5.50. The molecule has 0 aliphatic carbocycles. The highest BCUT2D eigenvalue weighted by molar-refractivity contribution is 5.76. The number of aliphatic hydroxyl groups excluding tert-OH is 2. The summed E-state index contributed by atoms with van der Waals surface area (Å²) in [4.78, 5) is 24.6. The second-order valence-corrected chi connectivity index (χ2v) is 23.1. The van der Waals surface area contributed by atoms with Crippen LogP contribution < -0.4 is 5.32 Å². The standard InChI is InChI=1S/C68H131NO5/c1-3-5-7-9-11-13-15-17-19-21-28-32-36-40-44-48-52-56-60-66(71)65(64-70)69-67(72)61-57-53-49-45-41-37-33-29-26-24-23-25-27-31-35-39-43-47-51-55-59-63-74-68(73)62-58-54-50-46-42-38-34-30-22-20-18-16-14-12-10-8-6-4-2/h20,22,24,26,65-66,70-71H,3-19,21,23,25,27-64H2,1-2H3,(H,69,72)/b22-20-,26-24-. The maximum Gasteiger partial charge on any atom is 0.305 e. The summed E-state index contributed by atoms with van der Waals surface area (Å²) in [5.41, 5.74) is 0. The molecule has 0 radical (unpaired) electrons. The van der Waals surface area contributed by atoms with Gasteiger partial charge in [0.2, 0.25) is 5.91 Å². The van der Waals surface area contributed by atoms with E-state index in [4.69, 9.17) is 4.74 Å². The molecule has 0 aliphatic heterocycles. The Kier molecular flexibility index (Phi) is 62.4. The van der Waals surface area contributed by atoms with Crippen molar-refractivity contribution in [3.8, 4) is 0 Å². The average Bonchev–Trinajstić information content (AvgIpc) is 3.40. The first-order chi connectivity index (χ1) is 36.5. The third kappa shape index (κ3) is 59.6. The summed E-state index contributed by atoms with van der Waals surface area (Å²) in [5, 5.41) is 23.4. The third-order valence-corrected chi connectivity index (χ3v) is 15.7. The number of amides is 1. The predicted octanol–water partition coefficient (Wildman–Crippen LogP) is 21.4. The van der Waals surface area contributed by atoms with Gasteiger partial charge in [-0.25, -0.2) is 0 Å². The number of rotatable bonds is 63. The fraction of sp³-hybridized carbons (Fsp3) is 0.912. The van der Waals surface area contributed by atoms with Crippen LogP contribution in [0.3, 0.4) is 0 Å². The van der Waals surface area contributed by atoms with Gasteiger partial charge in [-0.2, -0.15) is 0 Å². The fourth-order valence-electron chi connectivity index (χ4n) is 10.6. The number of aliphatic hydroxyl groups is 2. The van der Waals surface area contributed by atoms with E-state index >= 15 is 0 Å². The number of carbonyl (C=O) groups excluding carboxylic acids is 2. The number of ether oxygens (including phenoxy) is 1. The molecule has 0 aromatic heterocycles. The normalized spacial score (nSPS) is 12.6. The minimum absolute atomic E-state index is 0.00612. The van der Waals surface area contributed by atoms with Gasteiger partial charge in [0, 0.05) is 12.8 Å². The summed E-state index contributed by atoms with van der Waals surface area (Å²) in [5.74, 6) is -0.0335. The molecule has 74 heavy (non-hydrogen) atoms. The van der Waals surface area contributed by atoms with Gasteiger partial charge in [-0.05, 0) is 77.0 Å². The molecule has 0 saturated heterocycles. The molecule has 0 heterocycles. The maximum atomic E-state index is 12.5. The van der Waals surface area contributed by atoms with E-state index in [2.05, 4.69) is 43.5 Å². The molecule has 0 aromatic carbocycles. The number of unbranched alkanes of at least 4 members (excludes halogenated alkanes) is 48. The summed E-state index contributed by atoms with van der Waals surface area (Å²) in [6, 6.07) is -0.548. The minimum Gasteiger partial charge on any atom is -0.466 e. The molecule has 1 amide bonds. The summed E-state index contributed by atoms with van der Waals surface area (Å²) in [7, 11) is 0. The van der Waals surface area contributed by atoms with Crippen molar-refractivity contribution in [2.45, 2.75) is 386 Å². The molecule has 0 fully saturated rings. The molecule has 2 unspecified atom stereocenters. The first-order valence-corrected chi connectivity index (χ1v) is 33.6. The number of esters is 1. The second kappa shape index (κ2) is 63.9. The van der Waals surface area contributed by atoms with E-state index in [1.54, 1.807) is 0 Å². The summed E-state index contributed by atoms with van der Waals surface area (Å²) in [6.45, 7) is 4.97. The van der Waals surface area contributed by atoms with Crippen LogP contribution in [0.5, 0.6) is 0 Å². The van der Waals surface area contributed by atoms with Gasteiger partial charge >= 0.3 is 5.97 Å². The molecule has 438 valence electrons. The molecule has 0 aliphatic rings. The first kappa shape index (κ1) is 72.3. The van der Waals surface area contributed by atoms with Crippen molar-refractivity contribution in [2.75, 3.05) is 13.2 Å². The Morgan fingerprint density at radius 3 is 0.959 bits per heavy atom. The Hall–Kier alpha value is -1.66. The number of hydrogen-bond acceptors (Lipinski definition) is 5. The van der Waals surface area contributed by atoms with Gasteiger partial charge < -0.3 is 20.3 Å². The van der Waals surface area contributed by atoms with Gasteiger partial charge in [-0.3, -0.25) is 9.59 Å². The van der Waals surface area contributed by atoms with Crippen molar-refractivity contribution in [2.24, 2.45) is 0 Å². The third-order valence-electron chi connectivity index (χ3n) is 15.7. The Balaban J connectivity index is 3.41. The fourth-order valence-corrected chi connectivity index (χ4v) is 10.6. The molecular weight excluding hydrogens is 911 g/mol. The Morgan fingerprint density at radius 1 is 0.365 bits per heavy atom. The Labute approximate surface area is 462 Å². The van der Waals surface area contributed by atoms with Gasteiger partial charge in [0.15, 0.2) is 0 Å². The lowest BCUT2D eigenvalue weighted by Gasteiger charge is -2.22. The lowest BCUT2D eigenvalue weighted by molar-refractivity contribution is -0.143. The number of allylic oxidation sites excluding steroid dienone is 4. The molecule has 6 nitrogen and oxygen atoms in total. The molecule has 0 spiro atoms. The monoisotopic (exact) mass is 1040 g/mol. The number of carbonyl (C=O) groups is 2. The van der Waals surface area contributed by atoms with Gasteiger partial charge in [-0.15, -0.1) is 0 Å². The zero-order chi connectivity index (χ0) is 53.6. The zero-order valence-corrected chi connectivity index (χ0v) is 50.1. The molecule has 0 aromatic rings. The molecule has 0 bridgehead atoms. The summed E-state index contributed by atoms with van der Waals surface area (Å²) >= 11 is 0. The van der Waals surface area contributed by atoms with E-state index in [1.807, 2.05) is 0 Å². The van der Waals surface area contributed by atoms with Gasteiger partial charge in [0.05, 0.1) is 25.4 Å². The molecule has 6 heteroatoms.